The van der Waals surface area contributed by atoms with E-state index in [9.17, 15) is 14.7 Å². The van der Waals surface area contributed by atoms with Gasteiger partial charge in [-0.25, -0.2) is 5.01 Å². The maximum Gasteiger partial charge on any atom is 0.243 e. The van der Waals surface area contributed by atoms with Gasteiger partial charge in [0.1, 0.15) is 0 Å². The van der Waals surface area contributed by atoms with E-state index in [2.05, 4.69) is 5.10 Å². The maximum absolute atomic E-state index is 12.7. The Bertz CT molecular complexity index is 836. The van der Waals surface area contributed by atoms with E-state index in [4.69, 9.17) is 11.6 Å². The average molecular weight is 370 g/mol. The van der Waals surface area contributed by atoms with Gasteiger partial charge in [-0.2, -0.15) is 5.10 Å². The number of aliphatic carboxylic acids is 1. The number of amides is 1. The summed E-state index contributed by atoms with van der Waals surface area (Å²) in [6.45, 7) is 0. The fourth-order valence-corrected chi connectivity index (χ4v) is 3.29. The molecule has 1 aliphatic rings. The van der Waals surface area contributed by atoms with E-state index < -0.39 is 5.97 Å². The molecule has 3 rings (SSSR count). The van der Waals surface area contributed by atoms with Gasteiger partial charge in [-0.05, 0) is 30.0 Å². The van der Waals surface area contributed by atoms with Crippen molar-refractivity contribution in [1.29, 1.82) is 0 Å². The molecule has 0 spiro atoms. The third-order valence-corrected chi connectivity index (χ3v) is 4.65. The highest BCUT2D eigenvalue weighted by molar-refractivity contribution is 6.31. The number of benzene rings is 2. The summed E-state index contributed by atoms with van der Waals surface area (Å²) in [6, 6.07) is 16.8. The molecule has 2 aromatic carbocycles. The quantitative estimate of drug-likeness (QED) is 0.785. The Morgan fingerprint density at radius 2 is 1.77 bits per heavy atom. The smallest absolute Gasteiger partial charge is 0.243 e. The lowest BCUT2D eigenvalue weighted by atomic mass is 9.98. The van der Waals surface area contributed by atoms with Crippen LogP contribution in [0.1, 0.15) is 42.9 Å². The molecule has 0 fully saturated rings. The summed E-state index contributed by atoms with van der Waals surface area (Å²) in [5.41, 5.74) is 2.59. The Balaban J connectivity index is 1.87. The Kier molecular flexibility index (Phi) is 5.68. The van der Waals surface area contributed by atoms with Crippen molar-refractivity contribution in [3.8, 4) is 0 Å². The molecule has 2 aromatic rings. The van der Waals surface area contributed by atoms with Gasteiger partial charge in [0.25, 0.3) is 0 Å². The Morgan fingerprint density at radius 1 is 1.08 bits per heavy atom. The molecular weight excluding hydrogens is 352 g/mol. The molecule has 0 bridgehead atoms. The number of nitrogens with zero attached hydrogens (tertiary/aromatic N) is 2. The number of hydrogen-bond acceptors (Lipinski definition) is 4. The van der Waals surface area contributed by atoms with Crippen LogP contribution in [0, 0.1) is 0 Å². The topological polar surface area (TPSA) is 72.8 Å². The fraction of sp³-hybridized carbons (Fsp3) is 0.250. The van der Waals surface area contributed by atoms with Gasteiger partial charge < -0.3 is 9.90 Å². The number of rotatable bonds is 6. The number of hydrazone groups is 1. The van der Waals surface area contributed by atoms with Gasteiger partial charge >= 0.3 is 0 Å². The molecule has 0 unspecified atom stereocenters. The largest absolute Gasteiger partial charge is 0.550 e. The SMILES string of the molecule is O=C([O-])CCCC(=O)N1N=C(c2ccccc2)C[C@H]1c1ccccc1Cl. The monoisotopic (exact) mass is 369 g/mol. The van der Waals surface area contributed by atoms with Crippen molar-refractivity contribution in [2.24, 2.45) is 5.10 Å². The van der Waals surface area contributed by atoms with Gasteiger partial charge in [-0.1, -0.05) is 60.1 Å². The highest BCUT2D eigenvalue weighted by atomic mass is 35.5. The third kappa shape index (κ3) is 4.11. The van der Waals surface area contributed by atoms with Crippen LogP contribution in [0.15, 0.2) is 59.7 Å². The number of halogens is 1. The van der Waals surface area contributed by atoms with Crippen molar-refractivity contribution in [2.45, 2.75) is 31.7 Å². The third-order valence-electron chi connectivity index (χ3n) is 4.31. The van der Waals surface area contributed by atoms with E-state index in [0.29, 0.717) is 11.4 Å². The van der Waals surface area contributed by atoms with E-state index in [1.807, 2.05) is 48.5 Å². The van der Waals surface area contributed by atoms with Crippen molar-refractivity contribution < 1.29 is 14.7 Å². The minimum atomic E-state index is -1.16. The Labute approximate surface area is 156 Å². The van der Waals surface area contributed by atoms with Crippen molar-refractivity contribution in [1.82, 2.24) is 5.01 Å². The van der Waals surface area contributed by atoms with Gasteiger partial charge in [0.05, 0.1) is 11.8 Å². The van der Waals surface area contributed by atoms with Crippen LogP contribution >= 0.6 is 11.6 Å². The number of carboxylic acids is 1. The second kappa shape index (κ2) is 8.15. The fourth-order valence-electron chi connectivity index (χ4n) is 3.03. The summed E-state index contributed by atoms with van der Waals surface area (Å²) in [7, 11) is 0. The van der Waals surface area contributed by atoms with Crippen LogP contribution in [-0.2, 0) is 9.59 Å². The molecule has 0 saturated carbocycles. The summed E-state index contributed by atoms with van der Waals surface area (Å²) in [4.78, 5) is 23.2. The highest BCUT2D eigenvalue weighted by Gasteiger charge is 2.33. The van der Waals surface area contributed by atoms with Crippen molar-refractivity contribution in [2.75, 3.05) is 0 Å². The molecule has 0 N–H and O–H groups in total. The van der Waals surface area contributed by atoms with Gasteiger partial charge in [-0.15, -0.1) is 0 Å². The molecule has 5 nitrogen and oxygen atoms in total. The van der Waals surface area contributed by atoms with E-state index >= 15 is 0 Å². The number of carbonyl (C=O) groups is 2. The minimum absolute atomic E-state index is 0.0977. The van der Waals surface area contributed by atoms with E-state index in [-0.39, 0.29) is 31.2 Å². The lowest BCUT2D eigenvalue weighted by molar-refractivity contribution is -0.305. The molecule has 1 amide bonds. The minimum Gasteiger partial charge on any atom is -0.550 e. The molecule has 0 radical (unpaired) electrons. The molecule has 1 atom stereocenters. The molecule has 1 heterocycles. The Hall–Kier alpha value is -2.66. The summed E-state index contributed by atoms with van der Waals surface area (Å²) in [6.07, 6.45) is 0.731. The molecule has 0 aromatic heterocycles. The number of carbonyl (C=O) groups excluding carboxylic acids is 2. The lowest BCUT2D eigenvalue weighted by Gasteiger charge is -2.23. The lowest BCUT2D eigenvalue weighted by Crippen LogP contribution is -2.28. The zero-order valence-electron chi connectivity index (χ0n) is 14.1. The van der Waals surface area contributed by atoms with Gasteiger partial charge in [0.2, 0.25) is 5.91 Å². The molecule has 6 heteroatoms. The van der Waals surface area contributed by atoms with E-state index in [1.54, 1.807) is 6.07 Å². The summed E-state index contributed by atoms with van der Waals surface area (Å²) in [5, 5.41) is 17.1. The van der Waals surface area contributed by atoms with E-state index in [0.717, 1.165) is 16.8 Å². The van der Waals surface area contributed by atoms with Crippen LogP contribution in [0.4, 0.5) is 0 Å². The first-order valence-electron chi connectivity index (χ1n) is 8.45. The van der Waals surface area contributed by atoms with Crippen LogP contribution in [0.5, 0.6) is 0 Å². The number of carboxylic acid groups (broad SMARTS) is 1. The van der Waals surface area contributed by atoms with Crippen LogP contribution in [0.3, 0.4) is 0 Å². The zero-order valence-corrected chi connectivity index (χ0v) is 14.9. The zero-order chi connectivity index (χ0) is 18.5. The van der Waals surface area contributed by atoms with Gasteiger partial charge in [0, 0.05) is 23.8 Å². The Morgan fingerprint density at radius 3 is 2.46 bits per heavy atom. The van der Waals surface area contributed by atoms with Gasteiger partial charge in [-0.3, -0.25) is 4.79 Å². The molecule has 0 aliphatic carbocycles. The molecule has 1 aliphatic heterocycles. The second-order valence-electron chi connectivity index (χ2n) is 6.12. The first-order valence-corrected chi connectivity index (χ1v) is 8.83. The van der Waals surface area contributed by atoms with Crippen LogP contribution in [-0.4, -0.2) is 22.6 Å². The van der Waals surface area contributed by atoms with Gasteiger partial charge in [0.15, 0.2) is 0 Å². The maximum atomic E-state index is 12.7. The summed E-state index contributed by atoms with van der Waals surface area (Å²) < 4.78 is 0. The van der Waals surface area contributed by atoms with Crippen LogP contribution in [0.2, 0.25) is 5.02 Å². The predicted molar refractivity (Wildman–Crippen MR) is 97.5 cm³/mol. The standard InChI is InChI=1S/C20H19ClN2O3/c21-16-10-5-4-9-15(16)18-13-17(14-7-2-1-3-8-14)22-23(18)19(24)11-6-12-20(25)26/h1-5,7-10,18H,6,11-13H2,(H,25,26)/p-1/t18-/m0/s1. The van der Waals surface area contributed by atoms with E-state index in [1.165, 1.54) is 5.01 Å². The first-order chi connectivity index (χ1) is 12.6. The van der Waals surface area contributed by atoms with Crippen molar-refractivity contribution >= 4 is 29.2 Å². The molecule has 26 heavy (non-hydrogen) atoms. The summed E-state index contributed by atoms with van der Waals surface area (Å²) in [5.74, 6) is -1.38. The summed E-state index contributed by atoms with van der Waals surface area (Å²) >= 11 is 6.34. The van der Waals surface area contributed by atoms with Crippen molar-refractivity contribution in [3.63, 3.8) is 0 Å². The first kappa shape index (κ1) is 18.1. The average Bonchev–Trinajstić information content (AvgIpc) is 3.08. The van der Waals surface area contributed by atoms with Crippen molar-refractivity contribution in [3.05, 3.63) is 70.7 Å². The normalized spacial score (nSPS) is 16.4. The van der Waals surface area contributed by atoms with Crippen LogP contribution in [0.25, 0.3) is 0 Å². The molecule has 0 saturated heterocycles. The molecule has 134 valence electrons. The predicted octanol–water partition coefficient (Wildman–Crippen LogP) is 2.94. The highest BCUT2D eigenvalue weighted by Crippen LogP contribution is 2.36. The molecular formula is C20H18ClN2O3-. The van der Waals surface area contributed by atoms with Crippen LogP contribution < -0.4 is 5.11 Å². The second-order valence-corrected chi connectivity index (χ2v) is 6.53. The number of hydrogen-bond donors (Lipinski definition) is 0.